The first-order chi connectivity index (χ1) is 14.0. The van der Waals surface area contributed by atoms with E-state index in [1.807, 2.05) is 26.0 Å². The number of methoxy groups -OCH3 is 1. The molecule has 150 valence electrons. The summed E-state index contributed by atoms with van der Waals surface area (Å²) in [6.45, 7) is 4.20. The molecular weight excluding hydrogens is 372 g/mol. The Morgan fingerprint density at radius 2 is 2.03 bits per heavy atom. The van der Waals surface area contributed by atoms with Gasteiger partial charge in [-0.2, -0.15) is 0 Å². The van der Waals surface area contributed by atoms with E-state index in [4.69, 9.17) is 14.2 Å². The van der Waals surface area contributed by atoms with E-state index in [-0.39, 0.29) is 12.2 Å². The van der Waals surface area contributed by atoms with Crippen molar-refractivity contribution in [2.45, 2.75) is 20.5 Å². The van der Waals surface area contributed by atoms with Crippen LogP contribution in [0.25, 0.3) is 11.7 Å². The first-order valence-corrected chi connectivity index (χ1v) is 9.15. The van der Waals surface area contributed by atoms with Gasteiger partial charge in [0.05, 0.1) is 19.4 Å². The number of pyridine rings is 1. The number of hydrogen-bond acceptors (Lipinski definition) is 6. The molecular formula is C22H22N2O5. The van der Waals surface area contributed by atoms with Gasteiger partial charge in [0.1, 0.15) is 12.3 Å². The molecule has 0 bridgehead atoms. The normalized spacial score (nSPS) is 11.0. The van der Waals surface area contributed by atoms with Crippen molar-refractivity contribution in [1.82, 2.24) is 9.38 Å². The van der Waals surface area contributed by atoms with E-state index >= 15 is 0 Å². The number of ether oxygens (including phenoxy) is 3. The summed E-state index contributed by atoms with van der Waals surface area (Å²) in [4.78, 5) is 28.6. The van der Waals surface area contributed by atoms with Crippen LogP contribution in [-0.2, 0) is 16.1 Å². The quantitative estimate of drug-likeness (QED) is 0.452. The Balaban J connectivity index is 1.68. The first kappa shape index (κ1) is 20.1. The van der Waals surface area contributed by atoms with Crippen LogP contribution in [0.1, 0.15) is 23.7 Å². The Bertz CT molecular complexity index is 1120. The van der Waals surface area contributed by atoms with Gasteiger partial charge in [-0.25, -0.2) is 9.78 Å². The first-order valence-electron chi connectivity index (χ1n) is 9.15. The Hall–Kier alpha value is -3.61. The molecule has 0 saturated heterocycles. The Morgan fingerprint density at radius 1 is 1.21 bits per heavy atom. The molecule has 0 atom stereocenters. The molecule has 2 heterocycles. The Morgan fingerprint density at radius 3 is 2.79 bits per heavy atom. The van der Waals surface area contributed by atoms with E-state index in [2.05, 4.69) is 4.98 Å². The predicted octanol–water partition coefficient (Wildman–Crippen LogP) is 3.17. The fourth-order valence-electron chi connectivity index (χ4n) is 2.80. The number of rotatable bonds is 7. The van der Waals surface area contributed by atoms with Gasteiger partial charge in [-0.05, 0) is 49.2 Å². The third-order valence-corrected chi connectivity index (χ3v) is 4.20. The largest absolute Gasteiger partial charge is 0.493 e. The molecule has 0 aliphatic heterocycles. The van der Waals surface area contributed by atoms with Gasteiger partial charge in [-0.15, -0.1) is 0 Å². The molecule has 0 aliphatic rings. The molecule has 7 nitrogen and oxygen atoms in total. The number of nitrogens with zero attached hydrogens (tertiary/aromatic N) is 2. The van der Waals surface area contributed by atoms with Crippen LogP contribution in [0.15, 0.2) is 53.5 Å². The highest BCUT2D eigenvalue weighted by Gasteiger charge is 2.07. The van der Waals surface area contributed by atoms with Crippen LogP contribution in [0.4, 0.5) is 0 Å². The zero-order chi connectivity index (χ0) is 20.8. The second-order valence-electron chi connectivity index (χ2n) is 6.25. The molecule has 0 N–H and O–H groups in total. The zero-order valence-electron chi connectivity index (χ0n) is 16.5. The number of esters is 1. The average molecular weight is 394 g/mol. The van der Waals surface area contributed by atoms with Gasteiger partial charge in [0.15, 0.2) is 11.5 Å². The Kier molecular flexibility index (Phi) is 6.29. The highest BCUT2D eigenvalue weighted by atomic mass is 16.5. The fourth-order valence-corrected chi connectivity index (χ4v) is 2.80. The number of fused-ring (bicyclic) bond motifs is 1. The number of carbonyl (C=O) groups is 1. The summed E-state index contributed by atoms with van der Waals surface area (Å²) in [6.07, 6.45) is 4.59. The maximum atomic E-state index is 12.2. The molecule has 1 aromatic carbocycles. The third-order valence-electron chi connectivity index (χ3n) is 4.20. The lowest BCUT2D eigenvalue weighted by Gasteiger charge is -2.09. The second-order valence-corrected chi connectivity index (χ2v) is 6.25. The minimum atomic E-state index is -0.537. The highest BCUT2D eigenvalue weighted by Crippen LogP contribution is 2.28. The highest BCUT2D eigenvalue weighted by molar-refractivity contribution is 5.87. The van der Waals surface area contributed by atoms with E-state index < -0.39 is 5.97 Å². The van der Waals surface area contributed by atoms with Crippen LogP contribution in [0.5, 0.6) is 11.5 Å². The van der Waals surface area contributed by atoms with Gasteiger partial charge in [0, 0.05) is 18.3 Å². The minimum absolute atomic E-state index is 0.0875. The standard InChI is InChI=1S/C22H22N2O5/c1-4-28-18-9-7-16(12-19(18)27-3)8-10-21(26)29-14-17-13-20(25)24-11-5-6-15(2)22(24)23-17/h5-13H,4,14H2,1-3H3/b10-8+. The zero-order valence-corrected chi connectivity index (χ0v) is 16.5. The van der Waals surface area contributed by atoms with Crippen molar-refractivity contribution >= 4 is 17.7 Å². The summed E-state index contributed by atoms with van der Waals surface area (Å²) >= 11 is 0. The molecule has 0 saturated carbocycles. The monoisotopic (exact) mass is 394 g/mol. The molecule has 29 heavy (non-hydrogen) atoms. The molecule has 0 amide bonds. The molecule has 3 aromatic rings. The smallest absolute Gasteiger partial charge is 0.331 e. The van der Waals surface area contributed by atoms with E-state index in [1.165, 1.54) is 16.5 Å². The minimum Gasteiger partial charge on any atom is -0.493 e. The van der Waals surface area contributed by atoms with E-state index in [0.717, 1.165) is 11.1 Å². The van der Waals surface area contributed by atoms with Gasteiger partial charge in [0.2, 0.25) is 0 Å². The van der Waals surface area contributed by atoms with Gasteiger partial charge < -0.3 is 14.2 Å². The molecule has 3 rings (SSSR count). The lowest BCUT2D eigenvalue weighted by molar-refractivity contribution is -0.139. The predicted molar refractivity (Wildman–Crippen MR) is 109 cm³/mol. The maximum Gasteiger partial charge on any atom is 0.331 e. The van der Waals surface area contributed by atoms with Gasteiger partial charge in [-0.1, -0.05) is 12.1 Å². The van der Waals surface area contributed by atoms with E-state index in [1.54, 1.807) is 37.6 Å². The van der Waals surface area contributed by atoms with E-state index in [9.17, 15) is 9.59 Å². The number of aryl methyl sites for hydroxylation is 1. The summed E-state index contributed by atoms with van der Waals surface area (Å²) in [6, 6.07) is 10.4. The fraction of sp³-hybridized carbons (Fsp3) is 0.227. The van der Waals surface area contributed by atoms with Gasteiger partial charge >= 0.3 is 5.97 Å². The number of hydrogen-bond donors (Lipinski definition) is 0. The molecule has 0 spiro atoms. The average Bonchev–Trinajstić information content (AvgIpc) is 2.72. The lowest BCUT2D eigenvalue weighted by atomic mass is 10.2. The summed E-state index contributed by atoms with van der Waals surface area (Å²) in [5.74, 6) is 0.682. The molecule has 0 aliphatic carbocycles. The summed E-state index contributed by atoms with van der Waals surface area (Å²) in [5.41, 5.74) is 2.35. The van der Waals surface area contributed by atoms with Crippen molar-refractivity contribution in [3.05, 3.63) is 75.8 Å². The summed E-state index contributed by atoms with van der Waals surface area (Å²) < 4.78 is 17.4. The van der Waals surface area contributed by atoms with Crippen molar-refractivity contribution in [2.75, 3.05) is 13.7 Å². The van der Waals surface area contributed by atoms with Crippen LogP contribution >= 0.6 is 0 Å². The third kappa shape index (κ3) is 4.82. The van der Waals surface area contributed by atoms with Crippen molar-refractivity contribution in [1.29, 1.82) is 0 Å². The van der Waals surface area contributed by atoms with E-state index in [0.29, 0.717) is 29.4 Å². The topological polar surface area (TPSA) is 79.1 Å². The molecule has 7 heteroatoms. The van der Waals surface area contributed by atoms with Crippen LogP contribution in [0.3, 0.4) is 0 Å². The summed E-state index contributed by atoms with van der Waals surface area (Å²) in [5, 5.41) is 0. The van der Waals surface area contributed by atoms with Gasteiger partial charge in [0.25, 0.3) is 5.56 Å². The van der Waals surface area contributed by atoms with Crippen molar-refractivity contribution in [2.24, 2.45) is 0 Å². The van der Waals surface area contributed by atoms with Crippen molar-refractivity contribution < 1.29 is 19.0 Å². The van der Waals surface area contributed by atoms with Crippen LogP contribution in [0, 0.1) is 6.92 Å². The number of aromatic nitrogens is 2. The van der Waals surface area contributed by atoms with Crippen LogP contribution in [-0.4, -0.2) is 29.1 Å². The van der Waals surface area contributed by atoms with Crippen molar-refractivity contribution in [3.63, 3.8) is 0 Å². The Labute approximate surface area is 168 Å². The second kappa shape index (κ2) is 9.05. The summed E-state index contributed by atoms with van der Waals surface area (Å²) in [7, 11) is 1.56. The molecule has 0 radical (unpaired) electrons. The van der Waals surface area contributed by atoms with Crippen LogP contribution < -0.4 is 15.0 Å². The molecule has 0 unspecified atom stereocenters. The molecule has 2 aromatic heterocycles. The SMILES string of the molecule is CCOc1ccc(/C=C/C(=O)OCc2cc(=O)n3cccc(C)c3n2)cc1OC. The van der Waals surface area contributed by atoms with Crippen LogP contribution in [0.2, 0.25) is 0 Å². The number of carbonyl (C=O) groups excluding carboxylic acids is 1. The lowest BCUT2D eigenvalue weighted by Crippen LogP contribution is -2.17. The maximum absolute atomic E-state index is 12.2. The number of benzene rings is 1. The van der Waals surface area contributed by atoms with Crippen molar-refractivity contribution in [3.8, 4) is 11.5 Å². The molecule has 0 fully saturated rings. The van der Waals surface area contributed by atoms with Gasteiger partial charge in [-0.3, -0.25) is 9.20 Å².